The highest BCUT2D eigenvalue weighted by Crippen LogP contribution is 2.46. The molecule has 0 saturated heterocycles. The van der Waals surface area contributed by atoms with Crippen LogP contribution < -0.4 is 5.73 Å². The van der Waals surface area contributed by atoms with Crippen LogP contribution >= 0.6 is 11.6 Å². The van der Waals surface area contributed by atoms with Crippen molar-refractivity contribution >= 4 is 17.5 Å². The fourth-order valence-electron chi connectivity index (χ4n) is 4.29. The molecule has 1 aliphatic carbocycles. The summed E-state index contributed by atoms with van der Waals surface area (Å²) in [6.07, 6.45) is -0.229. The van der Waals surface area contributed by atoms with E-state index in [2.05, 4.69) is 5.10 Å². The fourth-order valence-corrected chi connectivity index (χ4v) is 4.55. The number of aromatic nitrogens is 3. The number of nitrogens with zero attached hydrogens (tertiary/aromatic N) is 3. The first-order valence-corrected chi connectivity index (χ1v) is 11.0. The summed E-state index contributed by atoms with van der Waals surface area (Å²) in [5.74, 6) is -1.76. The minimum absolute atomic E-state index is 0.00594. The quantitative estimate of drug-likeness (QED) is 0.445. The van der Waals surface area contributed by atoms with Crippen LogP contribution in [0.2, 0.25) is 5.02 Å². The number of carbonyl (C=O) groups excluding carboxylic acids is 1. The van der Waals surface area contributed by atoms with E-state index in [-0.39, 0.29) is 39.0 Å². The average molecular weight is 499 g/mol. The Balaban J connectivity index is 2.07. The molecule has 1 aromatic carbocycles. The average Bonchev–Trinajstić information content (AvgIpc) is 3.20. The third-order valence-electron chi connectivity index (χ3n) is 5.88. The molecule has 4 rings (SSSR count). The molecular weight excluding hydrogens is 476 g/mol. The van der Waals surface area contributed by atoms with Gasteiger partial charge in [0, 0.05) is 28.9 Å². The van der Waals surface area contributed by atoms with Crippen molar-refractivity contribution in [3.63, 3.8) is 0 Å². The summed E-state index contributed by atoms with van der Waals surface area (Å²) in [7, 11) is 0. The molecule has 0 aliphatic heterocycles. The minimum Gasteiger partial charge on any atom is -0.389 e. The number of primary amides is 1. The smallest absolute Gasteiger partial charge is 0.389 e. The lowest BCUT2D eigenvalue weighted by Gasteiger charge is -2.29. The molecule has 11 heteroatoms. The lowest BCUT2D eigenvalue weighted by molar-refractivity contribution is -0.144. The van der Waals surface area contributed by atoms with Gasteiger partial charge in [-0.05, 0) is 45.2 Å². The number of benzene rings is 1. The van der Waals surface area contributed by atoms with E-state index in [0.29, 0.717) is 17.5 Å². The van der Waals surface area contributed by atoms with Crippen LogP contribution in [0.15, 0.2) is 30.6 Å². The normalized spacial score (nSPS) is 14.9. The monoisotopic (exact) mass is 498 g/mol. The van der Waals surface area contributed by atoms with Crippen molar-refractivity contribution in [3.8, 4) is 22.4 Å². The van der Waals surface area contributed by atoms with E-state index in [9.17, 15) is 27.5 Å². The lowest BCUT2D eigenvalue weighted by atomic mass is 9.92. The van der Waals surface area contributed by atoms with Crippen molar-refractivity contribution in [1.29, 1.82) is 0 Å². The van der Waals surface area contributed by atoms with Crippen molar-refractivity contribution in [2.75, 3.05) is 0 Å². The summed E-state index contributed by atoms with van der Waals surface area (Å²) in [5, 5.41) is 14.0. The second kappa shape index (κ2) is 8.42. The van der Waals surface area contributed by atoms with Crippen molar-refractivity contribution in [2.24, 2.45) is 5.73 Å². The lowest BCUT2D eigenvalue weighted by Crippen LogP contribution is -2.29. The molecule has 0 bridgehead atoms. The molecule has 1 aliphatic rings. The summed E-state index contributed by atoms with van der Waals surface area (Å²) < 4.78 is 59.8. The molecule has 1 saturated carbocycles. The predicted octanol–water partition coefficient (Wildman–Crippen LogP) is 5.42. The maximum atomic E-state index is 14.8. The van der Waals surface area contributed by atoms with Crippen molar-refractivity contribution in [3.05, 3.63) is 52.7 Å². The fraction of sp³-hybridized carbons (Fsp3) is 0.391. The molecule has 1 amide bonds. The number of aliphatic hydroxyl groups is 1. The Hall–Kier alpha value is -2.85. The Morgan fingerprint density at radius 2 is 1.94 bits per heavy atom. The van der Waals surface area contributed by atoms with Gasteiger partial charge in [0.05, 0.1) is 34.6 Å². The highest BCUT2D eigenvalue weighted by atomic mass is 35.5. The molecule has 2 aromatic heterocycles. The van der Waals surface area contributed by atoms with Crippen LogP contribution in [0.3, 0.4) is 0 Å². The van der Waals surface area contributed by atoms with Gasteiger partial charge in [-0.15, -0.1) is 0 Å². The van der Waals surface area contributed by atoms with Gasteiger partial charge in [0.15, 0.2) is 5.69 Å². The number of rotatable bonds is 6. The van der Waals surface area contributed by atoms with Crippen LogP contribution in [0.25, 0.3) is 22.4 Å². The zero-order valence-corrected chi connectivity index (χ0v) is 19.2. The Morgan fingerprint density at radius 1 is 1.26 bits per heavy atom. The third-order valence-corrected chi connectivity index (χ3v) is 6.19. The molecule has 3 aromatic rings. The maximum Gasteiger partial charge on any atom is 0.433 e. The SMILES string of the molecule is CC(C)(O)Cn1ncc(-c2c(C(N)=O)c(-c3c(F)cccc3Cl)cn2C2CCC2)c1C(F)(F)F. The summed E-state index contributed by atoms with van der Waals surface area (Å²) in [6, 6.07) is 3.76. The van der Waals surface area contributed by atoms with Crippen molar-refractivity contribution in [2.45, 2.75) is 57.5 Å². The Morgan fingerprint density at radius 3 is 2.44 bits per heavy atom. The van der Waals surface area contributed by atoms with Gasteiger partial charge in [-0.1, -0.05) is 17.7 Å². The molecule has 1 fully saturated rings. The highest BCUT2D eigenvalue weighted by molar-refractivity contribution is 6.33. The molecule has 0 radical (unpaired) electrons. The van der Waals surface area contributed by atoms with E-state index in [1.807, 2.05) is 0 Å². The number of amides is 1. The summed E-state index contributed by atoms with van der Waals surface area (Å²) in [6.45, 7) is 2.28. The van der Waals surface area contributed by atoms with E-state index in [0.717, 1.165) is 18.7 Å². The number of halogens is 5. The molecule has 182 valence electrons. The van der Waals surface area contributed by atoms with Gasteiger partial charge in [0.25, 0.3) is 5.91 Å². The second-order valence-electron chi connectivity index (χ2n) is 9.09. The topological polar surface area (TPSA) is 86.1 Å². The first-order valence-electron chi connectivity index (χ1n) is 10.6. The number of hydrogen-bond acceptors (Lipinski definition) is 3. The van der Waals surface area contributed by atoms with Gasteiger partial charge in [0.2, 0.25) is 0 Å². The van der Waals surface area contributed by atoms with Crippen molar-refractivity contribution in [1.82, 2.24) is 14.3 Å². The standard InChI is InChI=1S/C23H23ClF4N4O2/c1-22(2,34)11-32-20(23(26,27)28)13(9-30-32)19-18(21(29)33)14(10-31(19)12-5-3-6-12)17-15(24)7-4-8-16(17)25/h4,7-10,12,34H,3,5-6,11H2,1-2H3,(H2,29,33). The van der Waals surface area contributed by atoms with Gasteiger partial charge in [-0.25, -0.2) is 4.39 Å². The van der Waals surface area contributed by atoms with Crippen LogP contribution in [-0.4, -0.2) is 31.0 Å². The molecule has 0 spiro atoms. The zero-order valence-electron chi connectivity index (χ0n) is 18.5. The molecule has 6 nitrogen and oxygen atoms in total. The zero-order chi connectivity index (χ0) is 25.0. The summed E-state index contributed by atoms with van der Waals surface area (Å²) in [4.78, 5) is 12.6. The first kappa shape index (κ1) is 24.3. The van der Waals surface area contributed by atoms with Gasteiger partial charge in [-0.2, -0.15) is 18.3 Å². The van der Waals surface area contributed by atoms with Gasteiger partial charge < -0.3 is 15.4 Å². The summed E-state index contributed by atoms with van der Waals surface area (Å²) in [5.41, 5.74) is 2.19. The highest BCUT2D eigenvalue weighted by Gasteiger charge is 2.42. The molecule has 0 unspecified atom stereocenters. The van der Waals surface area contributed by atoms with E-state index in [1.165, 1.54) is 32.2 Å². The van der Waals surface area contributed by atoms with Crippen molar-refractivity contribution < 1.29 is 27.5 Å². The molecule has 2 heterocycles. The first-order chi connectivity index (χ1) is 15.8. The van der Waals surface area contributed by atoms with E-state index in [4.69, 9.17) is 17.3 Å². The minimum atomic E-state index is -4.86. The van der Waals surface area contributed by atoms with E-state index < -0.39 is 35.7 Å². The molecule has 0 atom stereocenters. The van der Waals surface area contributed by atoms with Crippen LogP contribution in [0, 0.1) is 5.82 Å². The Bertz CT molecular complexity index is 1230. The number of nitrogens with two attached hydrogens (primary N) is 1. The second-order valence-corrected chi connectivity index (χ2v) is 9.50. The van der Waals surface area contributed by atoms with Gasteiger partial charge >= 0.3 is 6.18 Å². The maximum absolute atomic E-state index is 14.8. The Labute approximate surface area is 197 Å². The van der Waals surface area contributed by atoms with E-state index in [1.54, 1.807) is 4.57 Å². The number of carbonyl (C=O) groups is 1. The van der Waals surface area contributed by atoms with Crippen LogP contribution in [0.1, 0.15) is 55.2 Å². The third kappa shape index (κ3) is 4.32. The molecule has 34 heavy (non-hydrogen) atoms. The largest absolute Gasteiger partial charge is 0.433 e. The van der Waals surface area contributed by atoms with Crippen LogP contribution in [0.5, 0.6) is 0 Å². The van der Waals surface area contributed by atoms with Crippen LogP contribution in [-0.2, 0) is 12.7 Å². The Kier molecular flexibility index (Phi) is 6.02. The molecule has 3 N–H and O–H groups in total. The number of alkyl halides is 3. The molecular formula is C23H23ClF4N4O2. The van der Waals surface area contributed by atoms with Crippen LogP contribution in [0.4, 0.5) is 17.6 Å². The van der Waals surface area contributed by atoms with E-state index >= 15 is 0 Å². The van der Waals surface area contributed by atoms with Gasteiger partial charge in [0.1, 0.15) is 5.82 Å². The predicted molar refractivity (Wildman–Crippen MR) is 119 cm³/mol. The van der Waals surface area contributed by atoms with Gasteiger partial charge in [-0.3, -0.25) is 9.48 Å². The summed E-state index contributed by atoms with van der Waals surface area (Å²) >= 11 is 6.23. The number of hydrogen-bond donors (Lipinski definition) is 2.